The van der Waals surface area contributed by atoms with Gasteiger partial charge in [-0.25, -0.2) is 4.98 Å². The Bertz CT molecular complexity index is 410. The number of hydrogen-bond acceptors (Lipinski definition) is 3. The number of amides is 1. The van der Waals surface area contributed by atoms with Crippen LogP contribution >= 0.6 is 11.8 Å². The van der Waals surface area contributed by atoms with Gasteiger partial charge in [0.2, 0.25) is 0 Å². The van der Waals surface area contributed by atoms with Gasteiger partial charge in [0.05, 0.1) is 5.56 Å². The van der Waals surface area contributed by atoms with E-state index < -0.39 is 5.76 Å². The van der Waals surface area contributed by atoms with Crippen LogP contribution in [0, 0.1) is 5.92 Å². The summed E-state index contributed by atoms with van der Waals surface area (Å²) in [6.07, 6.45) is 3.67. The fourth-order valence-corrected chi connectivity index (χ4v) is 1.97. The molecule has 0 aromatic carbocycles. The van der Waals surface area contributed by atoms with Crippen molar-refractivity contribution >= 4 is 17.7 Å². The quantitative estimate of drug-likeness (QED) is 0.825. The van der Waals surface area contributed by atoms with Gasteiger partial charge in [0.15, 0.2) is 0 Å². The average Bonchev–Trinajstić information content (AvgIpc) is 3.09. The molecule has 1 saturated carbocycles. The Morgan fingerprint density at radius 3 is 3.00 bits per heavy atom. The minimum absolute atomic E-state index is 0.0794. The SMILES string of the molecule is O=C(NCC1CC1)c1cccnc1SC(F)F. The van der Waals surface area contributed by atoms with Crippen LogP contribution in [0.15, 0.2) is 23.4 Å². The summed E-state index contributed by atoms with van der Waals surface area (Å²) in [5, 5.41) is 2.82. The van der Waals surface area contributed by atoms with Crippen molar-refractivity contribution in [2.45, 2.75) is 23.6 Å². The Balaban J connectivity index is 2.03. The standard InChI is InChI=1S/C11H12F2N2OS/c12-11(13)17-10-8(2-1-5-14-10)9(16)15-6-7-3-4-7/h1-2,5,7,11H,3-4,6H2,(H,15,16). The summed E-state index contributed by atoms with van der Waals surface area (Å²) in [4.78, 5) is 15.6. The molecule has 17 heavy (non-hydrogen) atoms. The number of alkyl halides is 2. The Morgan fingerprint density at radius 2 is 2.35 bits per heavy atom. The third-order valence-electron chi connectivity index (χ3n) is 2.46. The van der Waals surface area contributed by atoms with E-state index in [4.69, 9.17) is 0 Å². The number of pyridine rings is 1. The molecule has 1 aromatic rings. The highest BCUT2D eigenvalue weighted by Crippen LogP contribution is 2.28. The molecule has 1 aliphatic carbocycles. The van der Waals surface area contributed by atoms with E-state index >= 15 is 0 Å². The maximum atomic E-state index is 12.3. The molecule has 3 nitrogen and oxygen atoms in total. The molecule has 1 aromatic heterocycles. The molecule has 1 aliphatic rings. The normalized spacial score (nSPS) is 15.0. The topological polar surface area (TPSA) is 42.0 Å². The van der Waals surface area contributed by atoms with E-state index in [1.807, 2.05) is 0 Å². The second-order valence-electron chi connectivity index (χ2n) is 3.89. The number of halogens is 2. The van der Waals surface area contributed by atoms with Gasteiger partial charge in [-0.3, -0.25) is 4.79 Å². The number of nitrogens with zero attached hydrogens (tertiary/aromatic N) is 1. The Labute approximate surface area is 102 Å². The van der Waals surface area contributed by atoms with Crippen molar-refractivity contribution in [3.8, 4) is 0 Å². The first-order valence-corrected chi connectivity index (χ1v) is 6.23. The number of rotatable bonds is 5. The summed E-state index contributed by atoms with van der Waals surface area (Å²) in [6, 6.07) is 3.08. The maximum Gasteiger partial charge on any atom is 0.290 e. The molecule has 0 atom stereocenters. The third-order valence-corrected chi connectivity index (χ3v) is 3.19. The van der Waals surface area contributed by atoms with E-state index in [1.165, 1.54) is 12.3 Å². The average molecular weight is 258 g/mol. The summed E-state index contributed by atoms with van der Waals surface area (Å²) in [6.45, 7) is 0.618. The monoisotopic (exact) mass is 258 g/mol. The largest absolute Gasteiger partial charge is 0.352 e. The van der Waals surface area contributed by atoms with E-state index in [-0.39, 0.29) is 16.5 Å². The second-order valence-corrected chi connectivity index (χ2v) is 4.87. The summed E-state index contributed by atoms with van der Waals surface area (Å²) >= 11 is 0.298. The number of carbonyl (C=O) groups is 1. The first kappa shape index (κ1) is 12.3. The van der Waals surface area contributed by atoms with Crippen molar-refractivity contribution in [3.05, 3.63) is 23.9 Å². The Morgan fingerprint density at radius 1 is 1.59 bits per heavy atom. The van der Waals surface area contributed by atoms with E-state index in [0.717, 1.165) is 12.8 Å². The van der Waals surface area contributed by atoms with Crippen LogP contribution in [-0.2, 0) is 0 Å². The molecule has 6 heteroatoms. The molecule has 0 saturated heterocycles. The summed E-state index contributed by atoms with van der Waals surface area (Å²) in [7, 11) is 0. The van der Waals surface area contributed by atoms with Gasteiger partial charge in [-0.1, -0.05) is 0 Å². The number of aromatic nitrogens is 1. The third kappa shape index (κ3) is 3.66. The lowest BCUT2D eigenvalue weighted by atomic mass is 10.2. The molecule has 0 unspecified atom stereocenters. The zero-order valence-electron chi connectivity index (χ0n) is 9.03. The lowest BCUT2D eigenvalue weighted by Crippen LogP contribution is -2.26. The molecule has 1 N–H and O–H groups in total. The number of thioether (sulfide) groups is 1. The summed E-state index contributed by atoms with van der Waals surface area (Å²) in [5.74, 6) is -2.34. The number of nitrogens with one attached hydrogen (secondary N) is 1. The van der Waals surface area contributed by atoms with Crippen LogP contribution in [0.3, 0.4) is 0 Å². The zero-order chi connectivity index (χ0) is 12.3. The van der Waals surface area contributed by atoms with Crippen molar-refractivity contribution in [2.24, 2.45) is 5.92 Å². The van der Waals surface area contributed by atoms with Crippen LogP contribution < -0.4 is 5.32 Å². The molecule has 0 radical (unpaired) electrons. The van der Waals surface area contributed by atoms with Crippen molar-refractivity contribution < 1.29 is 13.6 Å². The molecule has 1 amide bonds. The lowest BCUT2D eigenvalue weighted by Gasteiger charge is -2.07. The van der Waals surface area contributed by atoms with Crippen molar-refractivity contribution in [1.29, 1.82) is 0 Å². The summed E-state index contributed by atoms with van der Waals surface area (Å²) < 4.78 is 24.6. The Kier molecular flexibility index (Phi) is 3.93. The van der Waals surface area contributed by atoms with Crippen molar-refractivity contribution in [2.75, 3.05) is 6.54 Å². The fourth-order valence-electron chi connectivity index (χ4n) is 1.40. The number of hydrogen-bond donors (Lipinski definition) is 1. The van der Waals surface area contributed by atoms with Gasteiger partial charge in [-0.05, 0) is 42.7 Å². The van der Waals surface area contributed by atoms with E-state index in [0.29, 0.717) is 24.2 Å². The summed E-state index contributed by atoms with van der Waals surface area (Å²) in [5.41, 5.74) is 0.221. The highest BCUT2D eigenvalue weighted by Gasteiger charge is 2.23. The van der Waals surface area contributed by atoms with Crippen molar-refractivity contribution in [1.82, 2.24) is 10.3 Å². The van der Waals surface area contributed by atoms with Crippen LogP contribution in [0.2, 0.25) is 0 Å². The minimum atomic E-state index is -2.57. The van der Waals surface area contributed by atoms with Crippen LogP contribution in [0.4, 0.5) is 8.78 Å². The predicted octanol–water partition coefficient (Wildman–Crippen LogP) is 2.54. The van der Waals surface area contributed by atoms with Gasteiger partial charge < -0.3 is 5.32 Å². The highest BCUT2D eigenvalue weighted by atomic mass is 32.2. The molecule has 0 aliphatic heterocycles. The highest BCUT2D eigenvalue weighted by molar-refractivity contribution is 7.99. The van der Waals surface area contributed by atoms with Gasteiger partial charge in [0.1, 0.15) is 5.03 Å². The molecular weight excluding hydrogens is 246 g/mol. The van der Waals surface area contributed by atoms with E-state index in [9.17, 15) is 13.6 Å². The maximum absolute atomic E-state index is 12.3. The molecule has 0 spiro atoms. The number of carbonyl (C=O) groups excluding carboxylic acids is 1. The fraction of sp³-hybridized carbons (Fsp3) is 0.455. The zero-order valence-corrected chi connectivity index (χ0v) is 9.84. The van der Waals surface area contributed by atoms with Gasteiger partial charge in [0.25, 0.3) is 11.7 Å². The van der Waals surface area contributed by atoms with Gasteiger partial charge in [-0.2, -0.15) is 8.78 Å². The first-order valence-electron chi connectivity index (χ1n) is 5.35. The van der Waals surface area contributed by atoms with Gasteiger partial charge >= 0.3 is 0 Å². The Hall–Kier alpha value is -1.17. The van der Waals surface area contributed by atoms with Crippen LogP contribution in [-0.4, -0.2) is 23.2 Å². The van der Waals surface area contributed by atoms with Crippen molar-refractivity contribution in [3.63, 3.8) is 0 Å². The minimum Gasteiger partial charge on any atom is -0.352 e. The molecule has 92 valence electrons. The van der Waals surface area contributed by atoms with Crippen LogP contribution in [0.5, 0.6) is 0 Å². The van der Waals surface area contributed by atoms with Gasteiger partial charge in [0, 0.05) is 12.7 Å². The molecule has 2 rings (SSSR count). The van der Waals surface area contributed by atoms with Gasteiger partial charge in [-0.15, -0.1) is 0 Å². The molecule has 0 bridgehead atoms. The van der Waals surface area contributed by atoms with Crippen LogP contribution in [0.1, 0.15) is 23.2 Å². The smallest absolute Gasteiger partial charge is 0.290 e. The lowest BCUT2D eigenvalue weighted by molar-refractivity contribution is 0.0948. The molecule has 1 heterocycles. The van der Waals surface area contributed by atoms with Crippen LogP contribution in [0.25, 0.3) is 0 Å². The van der Waals surface area contributed by atoms with E-state index in [2.05, 4.69) is 10.3 Å². The van der Waals surface area contributed by atoms with E-state index in [1.54, 1.807) is 6.07 Å². The second kappa shape index (κ2) is 5.44. The molecular formula is C11H12F2N2OS. The predicted molar refractivity (Wildman–Crippen MR) is 61.2 cm³/mol. The molecule has 1 fully saturated rings. The first-order chi connectivity index (χ1) is 8.16.